The number of amides is 1. The van der Waals surface area contributed by atoms with Crippen LogP contribution in [0.2, 0.25) is 0 Å². The molecule has 1 aromatic heterocycles. The molecule has 1 saturated heterocycles. The van der Waals surface area contributed by atoms with Gasteiger partial charge in [0.25, 0.3) is 0 Å². The summed E-state index contributed by atoms with van der Waals surface area (Å²) in [6.07, 6.45) is 9.82. The zero-order valence-corrected chi connectivity index (χ0v) is 10.8. The second-order valence-corrected chi connectivity index (χ2v) is 4.74. The highest BCUT2D eigenvalue weighted by Gasteiger charge is 2.39. The molecule has 1 atom stereocenters. The molecule has 1 aliphatic rings. The first-order chi connectivity index (χ1) is 8.77. The van der Waals surface area contributed by atoms with E-state index < -0.39 is 0 Å². The summed E-state index contributed by atoms with van der Waals surface area (Å²) in [6.45, 7) is 0.929. The molecular weight excluding hydrogens is 228 g/mol. The molecule has 1 amide bonds. The first-order valence-corrected chi connectivity index (χ1v) is 6.49. The van der Waals surface area contributed by atoms with Crippen LogP contribution < -0.4 is 10.6 Å². The molecule has 0 aromatic carbocycles. The second kappa shape index (κ2) is 5.91. The largest absolute Gasteiger partial charge is 0.358 e. The van der Waals surface area contributed by atoms with Gasteiger partial charge in [0.1, 0.15) is 0 Å². The Balaban J connectivity index is 1.89. The fraction of sp³-hybridized carbons (Fsp3) is 0.615. The predicted octanol–water partition coefficient (Wildman–Crippen LogP) is 0.667. The number of hydrogen-bond donors (Lipinski definition) is 2. The molecule has 18 heavy (non-hydrogen) atoms. The van der Waals surface area contributed by atoms with E-state index in [1.54, 1.807) is 25.6 Å². The van der Waals surface area contributed by atoms with Crippen LogP contribution in [0.5, 0.6) is 0 Å². The molecule has 5 heteroatoms. The third-order valence-electron chi connectivity index (χ3n) is 3.56. The van der Waals surface area contributed by atoms with Crippen molar-refractivity contribution in [3.8, 4) is 0 Å². The minimum Gasteiger partial charge on any atom is -0.358 e. The van der Waals surface area contributed by atoms with E-state index in [-0.39, 0.29) is 11.4 Å². The fourth-order valence-corrected chi connectivity index (χ4v) is 2.60. The van der Waals surface area contributed by atoms with Crippen molar-refractivity contribution in [3.63, 3.8) is 0 Å². The molecule has 2 heterocycles. The van der Waals surface area contributed by atoms with Crippen LogP contribution in [-0.4, -0.2) is 35.0 Å². The molecule has 0 aliphatic carbocycles. The number of hydrogen-bond acceptors (Lipinski definition) is 4. The standard InChI is InChI=1S/C13H20N4O/c1-14-12(18)13(6-3-7-17-13)5-2-4-11-10-15-8-9-16-11/h8-10,17H,2-7H2,1H3,(H,14,18). The smallest absolute Gasteiger partial charge is 0.240 e. The van der Waals surface area contributed by atoms with Gasteiger partial charge in [0.2, 0.25) is 5.91 Å². The molecule has 2 N–H and O–H groups in total. The van der Waals surface area contributed by atoms with Gasteiger partial charge in [-0.3, -0.25) is 14.8 Å². The first kappa shape index (κ1) is 13.0. The molecule has 0 spiro atoms. The maximum atomic E-state index is 12.0. The van der Waals surface area contributed by atoms with Crippen molar-refractivity contribution in [3.05, 3.63) is 24.3 Å². The molecule has 0 radical (unpaired) electrons. The van der Waals surface area contributed by atoms with E-state index in [0.717, 1.165) is 44.3 Å². The monoisotopic (exact) mass is 248 g/mol. The van der Waals surface area contributed by atoms with E-state index in [1.807, 2.05) is 0 Å². The van der Waals surface area contributed by atoms with Gasteiger partial charge in [-0.15, -0.1) is 0 Å². The van der Waals surface area contributed by atoms with Crippen LogP contribution in [0.4, 0.5) is 0 Å². The average molecular weight is 248 g/mol. The Morgan fingerprint density at radius 3 is 3.06 bits per heavy atom. The topological polar surface area (TPSA) is 66.9 Å². The molecule has 1 aliphatic heterocycles. The molecule has 1 unspecified atom stereocenters. The number of carbonyl (C=O) groups is 1. The van der Waals surface area contributed by atoms with Crippen LogP contribution in [0.25, 0.3) is 0 Å². The Bertz CT molecular complexity index is 387. The molecule has 1 fully saturated rings. The summed E-state index contributed by atoms with van der Waals surface area (Å²) in [4.78, 5) is 20.3. The molecular formula is C13H20N4O. The van der Waals surface area contributed by atoms with Crippen LogP contribution in [0, 0.1) is 0 Å². The van der Waals surface area contributed by atoms with E-state index in [0.29, 0.717) is 0 Å². The van der Waals surface area contributed by atoms with Crippen molar-refractivity contribution >= 4 is 5.91 Å². The van der Waals surface area contributed by atoms with Crippen LogP contribution >= 0.6 is 0 Å². The summed E-state index contributed by atoms with van der Waals surface area (Å²) in [7, 11) is 1.70. The first-order valence-electron chi connectivity index (χ1n) is 6.49. The van der Waals surface area contributed by atoms with E-state index in [9.17, 15) is 4.79 Å². The van der Waals surface area contributed by atoms with Gasteiger partial charge in [-0.1, -0.05) is 0 Å². The van der Waals surface area contributed by atoms with Gasteiger partial charge in [-0.05, 0) is 38.6 Å². The lowest BCUT2D eigenvalue weighted by Gasteiger charge is -2.27. The number of rotatable bonds is 5. The van der Waals surface area contributed by atoms with E-state index >= 15 is 0 Å². The SMILES string of the molecule is CNC(=O)C1(CCCc2cnccn2)CCCN1. The number of aromatic nitrogens is 2. The second-order valence-electron chi connectivity index (χ2n) is 4.74. The van der Waals surface area contributed by atoms with Crippen LogP contribution in [0.15, 0.2) is 18.6 Å². The highest BCUT2D eigenvalue weighted by Crippen LogP contribution is 2.25. The predicted molar refractivity (Wildman–Crippen MR) is 69.0 cm³/mol. The van der Waals surface area contributed by atoms with Crippen molar-refractivity contribution in [1.29, 1.82) is 0 Å². The van der Waals surface area contributed by atoms with Gasteiger partial charge in [0.05, 0.1) is 11.2 Å². The molecule has 98 valence electrons. The van der Waals surface area contributed by atoms with E-state index in [4.69, 9.17) is 0 Å². The lowest BCUT2D eigenvalue weighted by atomic mass is 9.89. The lowest BCUT2D eigenvalue weighted by molar-refractivity contribution is -0.126. The third-order valence-corrected chi connectivity index (χ3v) is 3.56. The molecule has 1 aromatic rings. The Morgan fingerprint density at radius 2 is 2.44 bits per heavy atom. The number of likely N-dealkylation sites (N-methyl/N-ethyl adjacent to an activating group) is 1. The van der Waals surface area contributed by atoms with Crippen LogP contribution in [0.3, 0.4) is 0 Å². The maximum absolute atomic E-state index is 12.0. The highest BCUT2D eigenvalue weighted by molar-refractivity contribution is 5.86. The van der Waals surface area contributed by atoms with Gasteiger partial charge in [-0.25, -0.2) is 0 Å². The summed E-state index contributed by atoms with van der Waals surface area (Å²) >= 11 is 0. The number of carbonyl (C=O) groups excluding carboxylic acids is 1. The molecule has 0 bridgehead atoms. The molecule has 2 rings (SSSR count). The lowest BCUT2D eigenvalue weighted by Crippen LogP contribution is -2.52. The highest BCUT2D eigenvalue weighted by atomic mass is 16.2. The van der Waals surface area contributed by atoms with Gasteiger partial charge in [0, 0.05) is 25.6 Å². The molecule has 5 nitrogen and oxygen atoms in total. The van der Waals surface area contributed by atoms with Crippen molar-refractivity contribution in [2.45, 2.75) is 37.6 Å². The summed E-state index contributed by atoms with van der Waals surface area (Å²) in [5, 5.41) is 6.13. The van der Waals surface area contributed by atoms with E-state index in [1.165, 1.54) is 0 Å². The van der Waals surface area contributed by atoms with Crippen molar-refractivity contribution in [2.75, 3.05) is 13.6 Å². The molecule has 0 saturated carbocycles. The fourth-order valence-electron chi connectivity index (χ4n) is 2.60. The summed E-state index contributed by atoms with van der Waals surface area (Å²) in [5.41, 5.74) is 0.624. The summed E-state index contributed by atoms with van der Waals surface area (Å²) in [5.74, 6) is 0.110. The zero-order valence-electron chi connectivity index (χ0n) is 10.8. The maximum Gasteiger partial charge on any atom is 0.240 e. The number of nitrogens with one attached hydrogen (secondary N) is 2. The minimum atomic E-state index is -0.364. The van der Waals surface area contributed by atoms with Crippen LogP contribution in [0.1, 0.15) is 31.4 Å². The van der Waals surface area contributed by atoms with E-state index in [2.05, 4.69) is 20.6 Å². The Labute approximate surface area is 107 Å². The van der Waals surface area contributed by atoms with Gasteiger partial charge in [0.15, 0.2) is 0 Å². The quantitative estimate of drug-likeness (QED) is 0.803. The zero-order chi connectivity index (χ0) is 12.8. The Kier molecular flexibility index (Phi) is 4.25. The Hall–Kier alpha value is -1.49. The average Bonchev–Trinajstić information content (AvgIpc) is 2.89. The van der Waals surface area contributed by atoms with Gasteiger partial charge < -0.3 is 10.6 Å². The van der Waals surface area contributed by atoms with Crippen molar-refractivity contribution < 1.29 is 4.79 Å². The number of aryl methyl sites for hydroxylation is 1. The Morgan fingerprint density at radius 1 is 1.56 bits per heavy atom. The summed E-state index contributed by atoms with van der Waals surface area (Å²) in [6, 6.07) is 0. The minimum absolute atomic E-state index is 0.110. The summed E-state index contributed by atoms with van der Waals surface area (Å²) < 4.78 is 0. The van der Waals surface area contributed by atoms with Crippen molar-refractivity contribution in [1.82, 2.24) is 20.6 Å². The normalized spacial score (nSPS) is 22.9. The van der Waals surface area contributed by atoms with Crippen molar-refractivity contribution in [2.24, 2.45) is 0 Å². The van der Waals surface area contributed by atoms with Gasteiger partial charge >= 0.3 is 0 Å². The van der Waals surface area contributed by atoms with Crippen LogP contribution in [-0.2, 0) is 11.2 Å². The number of nitrogens with zero attached hydrogens (tertiary/aromatic N) is 2. The van der Waals surface area contributed by atoms with Gasteiger partial charge in [-0.2, -0.15) is 0 Å². The third kappa shape index (κ3) is 2.85.